The molecule has 0 spiro atoms. The highest BCUT2D eigenvalue weighted by Crippen LogP contribution is 2.38. The van der Waals surface area contributed by atoms with E-state index in [0.717, 1.165) is 16.7 Å². The molecule has 35 heavy (non-hydrogen) atoms. The summed E-state index contributed by atoms with van der Waals surface area (Å²) in [5.41, 5.74) is 6.76. The molecule has 0 atom stereocenters. The van der Waals surface area contributed by atoms with Gasteiger partial charge in [0.05, 0.1) is 11.1 Å². The third kappa shape index (κ3) is 6.74. The fourth-order valence-corrected chi connectivity index (χ4v) is 4.35. The van der Waals surface area contributed by atoms with Crippen molar-refractivity contribution in [3.63, 3.8) is 0 Å². The van der Waals surface area contributed by atoms with E-state index >= 15 is 0 Å². The zero-order valence-corrected chi connectivity index (χ0v) is 22.2. The average molecular weight is 533 g/mol. The molecule has 3 aromatic carbocycles. The number of carbonyl (C=O) groups excluding carboxylic acids is 1. The van der Waals surface area contributed by atoms with Crippen molar-refractivity contribution >= 4 is 33.6 Å². The first-order valence-corrected chi connectivity index (χ1v) is 12.2. The molecular formula is C29H29BrN2O3. The van der Waals surface area contributed by atoms with E-state index in [2.05, 4.69) is 53.3 Å². The van der Waals surface area contributed by atoms with E-state index in [-0.39, 0.29) is 5.57 Å². The highest BCUT2D eigenvalue weighted by Gasteiger charge is 2.15. The summed E-state index contributed by atoms with van der Waals surface area (Å²) in [5.74, 6) is 0.636. The van der Waals surface area contributed by atoms with E-state index in [1.807, 2.05) is 51.1 Å². The fraction of sp³-hybridized carbons (Fsp3) is 0.241. The Labute approximate surface area is 215 Å². The van der Waals surface area contributed by atoms with Gasteiger partial charge in [0.1, 0.15) is 18.2 Å². The molecule has 0 aliphatic heterocycles. The molecule has 0 heterocycles. The summed E-state index contributed by atoms with van der Waals surface area (Å²) in [4.78, 5) is 12.8. The predicted molar refractivity (Wildman–Crippen MR) is 144 cm³/mol. The molecule has 0 aliphatic carbocycles. The van der Waals surface area contributed by atoms with Crippen LogP contribution < -0.4 is 14.8 Å². The number of benzene rings is 3. The monoisotopic (exact) mass is 532 g/mol. The molecule has 0 radical (unpaired) electrons. The first-order chi connectivity index (χ1) is 16.7. The smallest absolute Gasteiger partial charge is 0.266 e. The van der Waals surface area contributed by atoms with Gasteiger partial charge >= 0.3 is 0 Å². The summed E-state index contributed by atoms with van der Waals surface area (Å²) < 4.78 is 12.6. The maximum Gasteiger partial charge on any atom is 0.266 e. The third-order valence-electron chi connectivity index (χ3n) is 5.53. The lowest BCUT2D eigenvalue weighted by Crippen LogP contribution is -2.14. The molecule has 0 aromatic heterocycles. The summed E-state index contributed by atoms with van der Waals surface area (Å²) in [6.07, 6.45) is 1.54. The Balaban J connectivity index is 1.87. The first-order valence-electron chi connectivity index (χ1n) is 11.4. The maximum atomic E-state index is 12.8. The lowest BCUT2D eigenvalue weighted by Gasteiger charge is -2.15. The fourth-order valence-electron chi connectivity index (χ4n) is 3.77. The second-order valence-electron chi connectivity index (χ2n) is 8.42. The van der Waals surface area contributed by atoms with Gasteiger partial charge in [-0.05, 0) is 97.1 Å². The summed E-state index contributed by atoms with van der Waals surface area (Å²) in [6.45, 7) is 10.7. The molecule has 0 bridgehead atoms. The normalized spacial score (nSPS) is 11.1. The van der Waals surface area contributed by atoms with Gasteiger partial charge in [-0.2, -0.15) is 5.26 Å². The van der Waals surface area contributed by atoms with E-state index in [0.29, 0.717) is 40.4 Å². The van der Waals surface area contributed by atoms with Crippen molar-refractivity contribution in [1.29, 1.82) is 5.26 Å². The van der Waals surface area contributed by atoms with Crippen LogP contribution in [0.4, 0.5) is 5.69 Å². The number of carbonyl (C=O) groups is 1. The lowest BCUT2D eigenvalue weighted by atomic mass is 10.1. The number of ether oxygens (including phenoxy) is 2. The second kappa shape index (κ2) is 11.7. The number of nitrogens with zero attached hydrogens (tertiary/aromatic N) is 1. The Morgan fingerprint density at radius 3 is 2.43 bits per heavy atom. The molecule has 0 fully saturated rings. The van der Waals surface area contributed by atoms with Gasteiger partial charge in [0.2, 0.25) is 0 Å². The Bertz CT molecular complexity index is 1300. The SMILES string of the molecule is CCOc1cc(/C=C(\C#N)C(=O)Nc2cccc(C)c2C)cc(Br)c1OCc1cc(C)cc(C)c1. The molecule has 3 aromatic rings. The van der Waals surface area contributed by atoms with Gasteiger partial charge in [-0.15, -0.1) is 0 Å². The molecule has 3 rings (SSSR count). The molecule has 6 heteroatoms. The molecule has 0 aliphatic rings. The summed E-state index contributed by atoms with van der Waals surface area (Å²) in [7, 11) is 0. The van der Waals surface area contributed by atoms with Crippen LogP contribution in [0.3, 0.4) is 0 Å². The van der Waals surface area contributed by atoms with Gasteiger partial charge < -0.3 is 14.8 Å². The van der Waals surface area contributed by atoms with Gasteiger partial charge in [0, 0.05) is 5.69 Å². The number of anilines is 1. The van der Waals surface area contributed by atoms with Crippen molar-refractivity contribution in [3.05, 3.63) is 92.0 Å². The van der Waals surface area contributed by atoms with Crippen LogP contribution in [0.5, 0.6) is 11.5 Å². The Hall–Kier alpha value is -3.56. The van der Waals surface area contributed by atoms with E-state index in [9.17, 15) is 10.1 Å². The van der Waals surface area contributed by atoms with Gasteiger partial charge in [-0.3, -0.25) is 4.79 Å². The minimum Gasteiger partial charge on any atom is -0.490 e. The zero-order valence-electron chi connectivity index (χ0n) is 20.7. The molecular weight excluding hydrogens is 504 g/mol. The number of hydrogen-bond acceptors (Lipinski definition) is 4. The van der Waals surface area contributed by atoms with Crippen molar-refractivity contribution in [2.45, 2.75) is 41.2 Å². The minimum atomic E-state index is -0.467. The number of hydrogen-bond donors (Lipinski definition) is 1. The maximum absolute atomic E-state index is 12.8. The molecule has 0 saturated carbocycles. The van der Waals surface area contributed by atoms with Crippen molar-refractivity contribution in [2.24, 2.45) is 0 Å². The van der Waals surface area contributed by atoms with Crippen LogP contribution in [0.15, 0.2) is 58.6 Å². The van der Waals surface area contributed by atoms with Crippen LogP contribution in [0, 0.1) is 39.0 Å². The molecule has 5 nitrogen and oxygen atoms in total. The largest absolute Gasteiger partial charge is 0.490 e. The number of nitriles is 1. The van der Waals surface area contributed by atoms with Crippen molar-refractivity contribution in [3.8, 4) is 17.6 Å². The highest BCUT2D eigenvalue weighted by atomic mass is 79.9. The average Bonchev–Trinajstić information content (AvgIpc) is 2.79. The third-order valence-corrected chi connectivity index (χ3v) is 6.11. The van der Waals surface area contributed by atoms with E-state index in [1.165, 1.54) is 11.1 Å². The number of amides is 1. The van der Waals surface area contributed by atoms with Crippen LogP contribution in [0.25, 0.3) is 6.08 Å². The zero-order chi connectivity index (χ0) is 25.5. The molecule has 0 unspecified atom stereocenters. The Morgan fingerprint density at radius 2 is 1.77 bits per heavy atom. The van der Waals surface area contributed by atoms with Crippen LogP contribution in [-0.4, -0.2) is 12.5 Å². The van der Waals surface area contributed by atoms with Gasteiger partial charge in [0.15, 0.2) is 11.5 Å². The number of aryl methyl sites for hydroxylation is 3. The molecule has 0 saturated heterocycles. The quantitative estimate of drug-likeness (QED) is 0.245. The van der Waals surface area contributed by atoms with Crippen molar-refractivity contribution in [1.82, 2.24) is 0 Å². The molecule has 180 valence electrons. The Morgan fingerprint density at radius 1 is 1.06 bits per heavy atom. The topological polar surface area (TPSA) is 71.3 Å². The Kier molecular flexibility index (Phi) is 8.73. The summed E-state index contributed by atoms with van der Waals surface area (Å²) in [5, 5.41) is 12.5. The predicted octanol–water partition coefficient (Wildman–Crippen LogP) is 7.21. The second-order valence-corrected chi connectivity index (χ2v) is 9.27. The van der Waals surface area contributed by atoms with Crippen LogP contribution in [0.1, 0.15) is 40.3 Å². The first kappa shape index (κ1) is 26.1. The van der Waals surface area contributed by atoms with Gasteiger partial charge in [-0.1, -0.05) is 41.5 Å². The highest BCUT2D eigenvalue weighted by molar-refractivity contribution is 9.10. The number of nitrogens with one attached hydrogen (secondary N) is 1. The summed E-state index contributed by atoms with van der Waals surface area (Å²) in [6, 6.07) is 17.6. The van der Waals surface area contributed by atoms with Crippen LogP contribution in [0.2, 0.25) is 0 Å². The van der Waals surface area contributed by atoms with E-state index in [4.69, 9.17) is 9.47 Å². The standard InChI is InChI=1S/C29H29BrN2O3/c1-6-34-27-15-22(13-24(16-31)29(33)32-26-9-7-8-20(4)21(26)5)14-25(30)28(27)35-17-23-11-18(2)10-19(3)12-23/h7-15H,6,17H2,1-5H3,(H,32,33)/b24-13+. The van der Waals surface area contributed by atoms with Gasteiger partial charge in [0.25, 0.3) is 5.91 Å². The molecule has 1 N–H and O–H groups in total. The minimum absolute atomic E-state index is 0.0100. The van der Waals surface area contributed by atoms with Crippen molar-refractivity contribution < 1.29 is 14.3 Å². The van der Waals surface area contributed by atoms with E-state index in [1.54, 1.807) is 12.1 Å². The van der Waals surface area contributed by atoms with Crippen LogP contribution in [-0.2, 0) is 11.4 Å². The molecule has 1 amide bonds. The van der Waals surface area contributed by atoms with Crippen molar-refractivity contribution in [2.75, 3.05) is 11.9 Å². The van der Waals surface area contributed by atoms with Crippen LogP contribution >= 0.6 is 15.9 Å². The number of halogens is 1. The van der Waals surface area contributed by atoms with Gasteiger partial charge in [-0.25, -0.2) is 0 Å². The number of rotatable bonds is 8. The van der Waals surface area contributed by atoms with E-state index < -0.39 is 5.91 Å². The lowest BCUT2D eigenvalue weighted by molar-refractivity contribution is -0.112. The summed E-state index contributed by atoms with van der Waals surface area (Å²) >= 11 is 3.57.